The molecule has 0 saturated carbocycles. The maximum absolute atomic E-state index is 13.8. The zero-order chi connectivity index (χ0) is 12.5. The SMILES string of the molecule is CC1(C)CN(Cc2cccc(Cl)c2F)CCN1. The van der Waals surface area contributed by atoms with E-state index in [0.29, 0.717) is 12.1 Å². The first-order valence-electron chi connectivity index (χ1n) is 5.88. The van der Waals surface area contributed by atoms with E-state index in [2.05, 4.69) is 24.1 Å². The molecular weight excluding hydrogens is 239 g/mol. The van der Waals surface area contributed by atoms with E-state index in [1.54, 1.807) is 18.2 Å². The Labute approximate surface area is 107 Å². The van der Waals surface area contributed by atoms with Crippen molar-refractivity contribution >= 4 is 11.6 Å². The molecule has 17 heavy (non-hydrogen) atoms. The van der Waals surface area contributed by atoms with Gasteiger partial charge in [-0.15, -0.1) is 0 Å². The lowest BCUT2D eigenvalue weighted by Crippen LogP contribution is -2.56. The van der Waals surface area contributed by atoms with Gasteiger partial charge in [-0.3, -0.25) is 4.90 Å². The Kier molecular flexibility index (Phi) is 3.71. The normalized spacial score (nSPS) is 20.5. The van der Waals surface area contributed by atoms with Gasteiger partial charge >= 0.3 is 0 Å². The molecule has 0 radical (unpaired) electrons. The summed E-state index contributed by atoms with van der Waals surface area (Å²) in [5, 5.41) is 3.64. The van der Waals surface area contributed by atoms with Gasteiger partial charge in [-0.2, -0.15) is 0 Å². The van der Waals surface area contributed by atoms with Crippen LogP contribution in [0, 0.1) is 5.82 Å². The van der Waals surface area contributed by atoms with Crippen LogP contribution in [0.4, 0.5) is 4.39 Å². The molecule has 2 rings (SSSR count). The maximum Gasteiger partial charge on any atom is 0.146 e. The monoisotopic (exact) mass is 256 g/mol. The van der Waals surface area contributed by atoms with Crippen LogP contribution < -0.4 is 5.32 Å². The summed E-state index contributed by atoms with van der Waals surface area (Å²) in [5.74, 6) is -0.287. The molecule has 4 heteroatoms. The molecule has 0 aromatic heterocycles. The van der Waals surface area contributed by atoms with Crippen LogP contribution in [-0.4, -0.2) is 30.1 Å². The Morgan fingerprint density at radius 1 is 1.47 bits per heavy atom. The van der Waals surface area contributed by atoms with E-state index in [0.717, 1.165) is 19.6 Å². The summed E-state index contributed by atoms with van der Waals surface area (Å²) in [4.78, 5) is 2.26. The second-order valence-corrected chi connectivity index (χ2v) is 5.64. The summed E-state index contributed by atoms with van der Waals surface area (Å²) in [6.07, 6.45) is 0. The van der Waals surface area contributed by atoms with Gasteiger partial charge < -0.3 is 5.32 Å². The molecule has 1 fully saturated rings. The van der Waals surface area contributed by atoms with Gasteiger partial charge in [0.05, 0.1) is 5.02 Å². The van der Waals surface area contributed by atoms with Crippen molar-refractivity contribution in [2.75, 3.05) is 19.6 Å². The van der Waals surface area contributed by atoms with Crippen LogP contribution in [0.2, 0.25) is 5.02 Å². The molecule has 0 atom stereocenters. The number of nitrogens with one attached hydrogen (secondary N) is 1. The van der Waals surface area contributed by atoms with Crippen molar-refractivity contribution in [2.24, 2.45) is 0 Å². The van der Waals surface area contributed by atoms with Gasteiger partial charge in [0.1, 0.15) is 5.82 Å². The summed E-state index contributed by atoms with van der Waals surface area (Å²) in [5.41, 5.74) is 0.767. The zero-order valence-corrected chi connectivity index (χ0v) is 11.0. The summed E-state index contributed by atoms with van der Waals surface area (Å²) in [7, 11) is 0. The van der Waals surface area contributed by atoms with Gasteiger partial charge in [-0.1, -0.05) is 23.7 Å². The highest BCUT2D eigenvalue weighted by Gasteiger charge is 2.26. The fourth-order valence-electron chi connectivity index (χ4n) is 2.29. The Morgan fingerprint density at radius 2 is 2.24 bits per heavy atom. The summed E-state index contributed by atoms with van der Waals surface area (Å²) < 4.78 is 13.8. The summed E-state index contributed by atoms with van der Waals surface area (Å²) in [6, 6.07) is 5.19. The lowest BCUT2D eigenvalue weighted by Gasteiger charge is -2.39. The minimum absolute atomic E-state index is 0.0906. The van der Waals surface area contributed by atoms with Gasteiger partial charge in [-0.05, 0) is 19.9 Å². The molecular formula is C13H18ClFN2. The van der Waals surface area contributed by atoms with E-state index in [1.807, 2.05) is 0 Å². The molecule has 0 aliphatic carbocycles. The third-order valence-corrected chi connectivity index (χ3v) is 3.37. The predicted molar refractivity (Wildman–Crippen MR) is 68.8 cm³/mol. The number of piperazine rings is 1. The highest BCUT2D eigenvalue weighted by molar-refractivity contribution is 6.30. The van der Waals surface area contributed by atoms with Crippen molar-refractivity contribution in [1.29, 1.82) is 0 Å². The molecule has 0 amide bonds. The van der Waals surface area contributed by atoms with E-state index in [-0.39, 0.29) is 16.4 Å². The minimum Gasteiger partial charge on any atom is -0.309 e. The van der Waals surface area contributed by atoms with Crippen molar-refractivity contribution in [3.05, 3.63) is 34.6 Å². The van der Waals surface area contributed by atoms with E-state index in [1.165, 1.54) is 0 Å². The maximum atomic E-state index is 13.8. The molecule has 1 N–H and O–H groups in total. The second kappa shape index (κ2) is 4.92. The van der Waals surface area contributed by atoms with Crippen LogP contribution >= 0.6 is 11.6 Å². The van der Waals surface area contributed by atoms with Gasteiger partial charge in [0.15, 0.2) is 0 Å². The summed E-state index contributed by atoms with van der Waals surface area (Å²) in [6.45, 7) is 7.74. The van der Waals surface area contributed by atoms with Crippen molar-refractivity contribution in [1.82, 2.24) is 10.2 Å². The standard InChI is InChI=1S/C13H18ClFN2/c1-13(2)9-17(7-6-16-13)8-10-4-3-5-11(14)12(10)15/h3-5,16H,6-9H2,1-2H3. The molecule has 1 aliphatic rings. The van der Waals surface area contributed by atoms with Crippen molar-refractivity contribution in [2.45, 2.75) is 25.9 Å². The molecule has 0 unspecified atom stereocenters. The van der Waals surface area contributed by atoms with Crippen LogP contribution in [0.5, 0.6) is 0 Å². The van der Waals surface area contributed by atoms with Gasteiger partial charge in [-0.25, -0.2) is 4.39 Å². The van der Waals surface area contributed by atoms with E-state index in [9.17, 15) is 4.39 Å². The van der Waals surface area contributed by atoms with Crippen LogP contribution in [0.1, 0.15) is 19.4 Å². The first kappa shape index (κ1) is 12.8. The number of benzene rings is 1. The van der Waals surface area contributed by atoms with Crippen LogP contribution in [0.25, 0.3) is 0 Å². The molecule has 1 heterocycles. The first-order chi connectivity index (χ1) is 7.98. The van der Waals surface area contributed by atoms with Crippen LogP contribution in [0.15, 0.2) is 18.2 Å². The first-order valence-corrected chi connectivity index (χ1v) is 6.26. The van der Waals surface area contributed by atoms with Crippen LogP contribution in [0.3, 0.4) is 0 Å². The Hall–Kier alpha value is -0.640. The molecule has 1 aromatic rings. The molecule has 1 saturated heterocycles. The van der Waals surface area contributed by atoms with Gasteiger partial charge in [0, 0.05) is 37.3 Å². The number of hydrogen-bond acceptors (Lipinski definition) is 2. The summed E-state index contributed by atoms with van der Waals surface area (Å²) >= 11 is 5.78. The number of halogens is 2. The molecule has 1 aromatic carbocycles. The van der Waals surface area contributed by atoms with E-state index >= 15 is 0 Å². The third kappa shape index (κ3) is 3.18. The second-order valence-electron chi connectivity index (χ2n) is 5.23. The van der Waals surface area contributed by atoms with E-state index < -0.39 is 0 Å². The predicted octanol–water partition coefficient (Wildman–Crippen LogP) is 2.66. The highest BCUT2D eigenvalue weighted by Crippen LogP contribution is 2.20. The fourth-order valence-corrected chi connectivity index (χ4v) is 2.49. The van der Waals surface area contributed by atoms with Crippen molar-refractivity contribution < 1.29 is 4.39 Å². The topological polar surface area (TPSA) is 15.3 Å². The Morgan fingerprint density at radius 3 is 2.94 bits per heavy atom. The molecule has 94 valence electrons. The van der Waals surface area contributed by atoms with Crippen molar-refractivity contribution in [3.8, 4) is 0 Å². The highest BCUT2D eigenvalue weighted by atomic mass is 35.5. The number of nitrogens with zero attached hydrogens (tertiary/aromatic N) is 1. The molecule has 1 aliphatic heterocycles. The molecule has 0 bridgehead atoms. The number of rotatable bonds is 2. The average Bonchev–Trinajstić information content (AvgIpc) is 2.23. The van der Waals surface area contributed by atoms with Crippen molar-refractivity contribution in [3.63, 3.8) is 0 Å². The molecule has 0 spiro atoms. The third-order valence-electron chi connectivity index (χ3n) is 3.08. The quantitative estimate of drug-likeness (QED) is 0.875. The molecule has 2 nitrogen and oxygen atoms in total. The lowest BCUT2D eigenvalue weighted by atomic mass is 10.0. The Balaban J connectivity index is 2.08. The smallest absolute Gasteiger partial charge is 0.146 e. The fraction of sp³-hybridized carbons (Fsp3) is 0.538. The minimum atomic E-state index is -0.287. The number of hydrogen-bond donors (Lipinski definition) is 1. The zero-order valence-electron chi connectivity index (χ0n) is 10.3. The van der Waals surface area contributed by atoms with Gasteiger partial charge in [0.25, 0.3) is 0 Å². The average molecular weight is 257 g/mol. The van der Waals surface area contributed by atoms with Crippen LogP contribution in [-0.2, 0) is 6.54 Å². The largest absolute Gasteiger partial charge is 0.309 e. The Bertz CT molecular complexity index is 406. The van der Waals surface area contributed by atoms with Gasteiger partial charge in [0.2, 0.25) is 0 Å². The lowest BCUT2D eigenvalue weighted by molar-refractivity contribution is 0.147. The van der Waals surface area contributed by atoms with E-state index in [4.69, 9.17) is 11.6 Å².